The summed E-state index contributed by atoms with van der Waals surface area (Å²) in [4.78, 5) is 9.52. The fourth-order valence-electron chi connectivity index (χ4n) is 1.56. The summed E-state index contributed by atoms with van der Waals surface area (Å²) < 4.78 is 0.779. The van der Waals surface area contributed by atoms with E-state index in [1.165, 1.54) is 0 Å². The van der Waals surface area contributed by atoms with Crippen molar-refractivity contribution in [3.05, 3.63) is 33.1 Å². The lowest BCUT2D eigenvalue weighted by atomic mass is 10.2. The van der Waals surface area contributed by atoms with E-state index in [1.807, 2.05) is 25.1 Å². The fraction of sp³-hybridized carbons (Fsp3) is 0.273. The lowest BCUT2D eigenvalue weighted by Crippen LogP contribution is -2.13. The number of nitrogens with one attached hydrogen (secondary N) is 2. The lowest BCUT2D eigenvalue weighted by Gasteiger charge is -2.13. The predicted molar refractivity (Wildman–Crippen MR) is 75.9 cm³/mol. The lowest BCUT2D eigenvalue weighted by molar-refractivity contribution is 0.890. The third-order valence-corrected chi connectivity index (χ3v) is 3.78. The molecule has 0 aliphatic heterocycles. The fourth-order valence-corrected chi connectivity index (χ4v) is 2.62. The van der Waals surface area contributed by atoms with Crippen molar-refractivity contribution in [1.29, 1.82) is 0 Å². The monoisotopic (exact) mass is 283 g/mol. The van der Waals surface area contributed by atoms with Gasteiger partial charge in [-0.3, -0.25) is 5.43 Å². The number of aryl methyl sites for hydroxylation is 1. The number of hydrogen-bond acceptors (Lipinski definition) is 6. The molecule has 1 unspecified atom stereocenters. The van der Waals surface area contributed by atoms with Gasteiger partial charge in [0.2, 0.25) is 5.95 Å². The van der Waals surface area contributed by atoms with Gasteiger partial charge in [-0.1, -0.05) is 11.6 Å². The van der Waals surface area contributed by atoms with Crippen LogP contribution < -0.4 is 16.6 Å². The van der Waals surface area contributed by atoms with E-state index in [0.29, 0.717) is 5.95 Å². The number of hydrogen-bond donors (Lipinski definition) is 3. The largest absolute Gasteiger partial charge is 0.363 e. The molecule has 0 aliphatic rings. The second-order valence-electron chi connectivity index (χ2n) is 3.87. The predicted octanol–water partition coefficient (Wildman–Crippen LogP) is 2.96. The van der Waals surface area contributed by atoms with Gasteiger partial charge in [-0.05, 0) is 26.0 Å². The number of nitrogens with two attached hydrogens (primary N) is 1. The molecule has 18 heavy (non-hydrogen) atoms. The molecule has 5 nitrogen and oxygen atoms in total. The molecule has 0 fully saturated rings. The van der Waals surface area contributed by atoms with Gasteiger partial charge in [0.15, 0.2) is 0 Å². The van der Waals surface area contributed by atoms with Crippen LogP contribution in [-0.4, -0.2) is 9.97 Å². The summed E-state index contributed by atoms with van der Waals surface area (Å²) in [7, 11) is 0. The molecular weight excluding hydrogens is 270 g/mol. The minimum absolute atomic E-state index is 0.127. The Labute approximate surface area is 114 Å². The van der Waals surface area contributed by atoms with E-state index in [0.717, 1.165) is 20.7 Å². The topological polar surface area (TPSA) is 75.9 Å². The summed E-state index contributed by atoms with van der Waals surface area (Å²) >= 11 is 7.47. The molecule has 0 amide bonds. The van der Waals surface area contributed by atoms with Crippen LogP contribution in [0.4, 0.5) is 11.8 Å². The molecular formula is C11H14ClN5S. The van der Waals surface area contributed by atoms with Gasteiger partial charge in [0.25, 0.3) is 0 Å². The molecule has 0 aliphatic carbocycles. The molecule has 0 bridgehead atoms. The molecule has 4 N–H and O–H groups in total. The molecule has 7 heteroatoms. The average Bonchev–Trinajstić information content (AvgIpc) is 2.75. The number of aromatic nitrogens is 2. The van der Waals surface area contributed by atoms with Gasteiger partial charge in [0.1, 0.15) is 5.82 Å². The highest BCUT2D eigenvalue weighted by atomic mass is 35.5. The van der Waals surface area contributed by atoms with Crippen molar-refractivity contribution in [3.63, 3.8) is 0 Å². The number of anilines is 2. The zero-order chi connectivity index (χ0) is 13.1. The summed E-state index contributed by atoms with van der Waals surface area (Å²) in [6.45, 7) is 3.94. The summed E-state index contributed by atoms with van der Waals surface area (Å²) in [5, 5.41) is 3.29. The summed E-state index contributed by atoms with van der Waals surface area (Å²) in [5.41, 5.74) is 3.29. The summed E-state index contributed by atoms with van der Waals surface area (Å²) in [6.07, 6.45) is 0. The first kappa shape index (κ1) is 13.1. The van der Waals surface area contributed by atoms with E-state index in [2.05, 4.69) is 27.6 Å². The molecule has 0 saturated heterocycles. The van der Waals surface area contributed by atoms with E-state index in [9.17, 15) is 0 Å². The molecule has 0 radical (unpaired) electrons. The summed E-state index contributed by atoms with van der Waals surface area (Å²) in [6, 6.07) is 5.88. The van der Waals surface area contributed by atoms with Gasteiger partial charge < -0.3 is 5.32 Å². The van der Waals surface area contributed by atoms with Crippen molar-refractivity contribution in [2.24, 2.45) is 5.84 Å². The van der Waals surface area contributed by atoms with Crippen molar-refractivity contribution in [3.8, 4) is 0 Å². The Morgan fingerprint density at radius 1 is 1.39 bits per heavy atom. The maximum Gasteiger partial charge on any atom is 0.239 e. The second kappa shape index (κ2) is 5.51. The maximum absolute atomic E-state index is 5.92. The van der Waals surface area contributed by atoms with Gasteiger partial charge in [0, 0.05) is 16.6 Å². The first-order valence-electron chi connectivity index (χ1n) is 5.42. The first-order chi connectivity index (χ1) is 8.58. The average molecular weight is 284 g/mol. The first-order valence-corrected chi connectivity index (χ1v) is 6.62. The third-order valence-electron chi connectivity index (χ3n) is 2.37. The van der Waals surface area contributed by atoms with Gasteiger partial charge in [-0.25, -0.2) is 10.8 Å². The Bertz CT molecular complexity index is 542. The Morgan fingerprint density at radius 3 is 2.78 bits per heavy atom. The Kier molecular flexibility index (Phi) is 4.00. The van der Waals surface area contributed by atoms with E-state index in [-0.39, 0.29) is 6.04 Å². The number of nitrogens with zero attached hydrogens (tertiary/aromatic N) is 2. The van der Waals surface area contributed by atoms with E-state index >= 15 is 0 Å². The van der Waals surface area contributed by atoms with E-state index in [1.54, 1.807) is 11.3 Å². The van der Waals surface area contributed by atoms with Crippen molar-refractivity contribution in [2.45, 2.75) is 19.9 Å². The van der Waals surface area contributed by atoms with Crippen molar-refractivity contribution < 1.29 is 0 Å². The van der Waals surface area contributed by atoms with Crippen molar-refractivity contribution in [2.75, 3.05) is 10.7 Å². The smallest absolute Gasteiger partial charge is 0.239 e. The molecule has 96 valence electrons. The van der Waals surface area contributed by atoms with Crippen LogP contribution in [0.25, 0.3) is 0 Å². The van der Waals surface area contributed by atoms with Crippen LogP contribution in [0.1, 0.15) is 23.5 Å². The quantitative estimate of drug-likeness (QED) is 0.594. The minimum Gasteiger partial charge on any atom is -0.363 e. The highest BCUT2D eigenvalue weighted by molar-refractivity contribution is 7.16. The number of thiophene rings is 1. The Morgan fingerprint density at radius 2 is 2.17 bits per heavy atom. The van der Waals surface area contributed by atoms with Gasteiger partial charge in [-0.2, -0.15) is 4.98 Å². The van der Waals surface area contributed by atoms with Crippen LogP contribution in [-0.2, 0) is 0 Å². The third kappa shape index (κ3) is 3.10. The van der Waals surface area contributed by atoms with Crippen LogP contribution >= 0.6 is 22.9 Å². The highest BCUT2D eigenvalue weighted by Gasteiger charge is 2.10. The van der Waals surface area contributed by atoms with Crippen molar-refractivity contribution in [1.82, 2.24) is 9.97 Å². The van der Waals surface area contributed by atoms with Crippen LogP contribution in [0.2, 0.25) is 4.34 Å². The molecule has 0 aromatic carbocycles. The zero-order valence-corrected chi connectivity index (χ0v) is 11.6. The molecule has 0 saturated carbocycles. The molecule has 2 heterocycles. The van der Waals surface area contributed by atoms with Gasteiger partial charge in [-0.15, -0.1) is 11.3 Å². The number of hydrazine groups is 1. The SMILES string of the molecule is Cc1cc(NC(C)c2ccc(Cl)s2)nc(NN)n1. The number of halogens is 1. The van der Waals surface area contributed by atoms with Crippen LogP contribution in [0.3, 0.4) is 0 Å². The second-order valence-corrected chi connectivity index (χ2v) is 5.62. The van der Waals surface area contributed by atoms with E-state index < -0.39 is 0 Å². The molecule has 2 rings (SSSR count). The molecule has 2 aromatic rings. The number of nitrogen functional groups attached to an aromatic ring is 1. The zero-order valence-electron chi connectivity index (χ0n) is 10.1. The van der Waals surface area contributed by atoms with Gasteiger partial charge in [0.05, 0.1) is 10.4 Å². The summed E-state index contributed by atoms with van der Waals surface area (Å²) in [5.74, 6) is 6.44. The number of rotatable bonds is 4. The van der Waals surface area contributed by atoms with Crippen LogP contribution in [0.5, 0.6) is 0 Å². The maximum atomic E-state index is 5.92. The normalized spacial score (nSPS) is 12.2. The molecule has 2 aromatic heterocycles. The van der Waals surface area contributed by atoms with Crippen LogP contribution in [0.15, 0.2) is 18.2 Å². The minimum atomic E-state index is 0.127. The van der Waals surface area contributed by atoms with Crippen molar-refractivity contribution >= 4 is 34.7 Å². The Balaban J connectivity index is 2.16. The van der Waals surface area contributed by atoms with Gasteiger partial charge >= 0.3 is 0 Å². The Hall–Kier alpha value is -1.37. The van der Waals surface area contributed by atoms with Crippen LogP contribution in [0, 0.1) is 6.92 Å². The highest BCUT2D eigenvalue weighted by Crippen LogP contribution is 2.28. The van der Waals surface area contributed by atoms with E-state index in [4.69, 9.17) is 17.4 Å². The molecule has 1 atom stereocenters. The molecule has 0 spiro atoms. The standard InChI is InChI=1S/C11H14ClN5S/c1-6-5-10(16-11(14-6)17-13)15-7(2)8-3-4-9(12)18-8/h3-5,7H,13H2,1-2H3,(H2,14,15,16,17).